The Morgan fingerprint density at radius 2 is 1.06 bits per heavy atom. The zero-order chi connectivity index (χ0) is 21.8. The van der Waals surface area contributed by atoms with E-state index >= 15 is 0 Å². The molecule has 156 valence electrons. The molecule has 4 rings (SSSR count). The second kappa shape index (κ2) is 8.66. The molecule has 0 saturated heterocycles. The van der Waals surface area contributed by atoms with Crippen molar-refractivity contribution in [2.24, 2.45) is 0 Å². The van der Waals surface area contributed by atoms with Crippen LogP contribution in [0, 0.1) is 10.4 Å². The van der Waals surface area contributed by atoms with Gasteiger partial charge in [0.15, 0.2) is 0 Å². The third-order valence-electron chi connectivity index (χ3n) is 4.98. The summed E-state index contributed by atoms with van der Waals surface area (Å²) in [6.07, 6.45) is 0.441. The fourth-order valence-corrected chi connectivity index (χ4v) is 3.37. The number of aromatic nitrogens is 2. The Hall–Kier alpha value is -4.20. The minimum Gasteiger partial charge on any atom is -0.618 e. The minimum absolute atomic E-state index is 0.00583. The number of fused-ring (bicyclic) bond motifs is 2. The van der Waals surface area contributed by atoms with Gasteiger partial charge in [0.1, 0.15) is 0 Å². The van der Waals surface area contributed by atoms with Gasteiger partial charge in [-0.3, -0.25) is 9.59 Å². The molecule has 0 atom stereocenters. The van der Waals surface area contributed by atoms with Crippen molar-refractivity contribution in [3.63, 3.8) is 0 Å². The van der Waals surface area contributed by atoms with Gasteiger partial charge in [0, 0.05) is 48.1 Å². The average molecular weight is 416 g/mol. The molecular weight excluding hydrogens is 396 g/mol. The molecule has 0 aliphatic carbocycles. The number of nitrogens with zero attached hydrogens (tertiary/aromatic N) is 2. The van der Waals surface area contributed by atoms with E-state index < -0.39 is 11.8 Å². The number of rotatable bonds is 6. The molecule has 0 radical (unpaired) electrons. The molecule has 31 heavy (non-hydrogen) atoms. The first-order valence-corrected chi connectivity index (χ1v) is 9.85. The van der Waals surface area contributed by atoms with Gasteiger partial charge in [0.25, 0.3) is 11.4 Å². The molecule has 2 aromatic carbocycles. The fraction of sp³-hybridized carbons (Fsp3) is 0.130. The van der Waals surface area contributed by atoms with Crippen LogP contribution >= 0.6 is 0 Å². The van der Waals surface area contributed by atoms with Crippen LogP contribution in [0.5, 0.6) is 0 Å². The molecule has 0 saturated carbocycles. The summed E-state index contributed by atoms with van der Waals surface area (Å²) < 4.78 is 1.22. The molecule has 0 unspecified atom stereocenters. The summed E-state index contributed by atoms with van der Waals surface area (Å²) in [5.41, 5.74) is 0.852. The standard InChI is InChI=1S/C23H20N4O4/c28-22(20-12-10-16-6-1-3-8-18(16)26(20)30)24-14-5-15-25-23(29)21-13-11-17-7-2-4-9-19(17)27(21)31/h1-4,6-13H,5,14-15H2,(H,24,28)(H,25,29). The lowest BCUT2D eigenvalue weighted by Crippen LogP contribution is -2.42. The van der Waals surface area contributed by atoms with E-state index in [2.05, 4.69) is 10.6 Å². The molecule has 8 heteroatoms. The van der Waals surface area contributed by atoms with Crippen molar-refractivity contribution in [2.45, 2.75) is 6.42 Å². The van der Waals surface area contributed by atoms with Crippen LogP contribution in [0.4, 0.5) is 0 Å². The number of pyridine rings is 2. The number of benzene rings is 2. The smallest absolute Gasteiger partial charge is 0.317 e. The van der Waals surface area contributed by atoms with Gasteiger partial charge in [-0.05, 0) is 30.7 Å². The van der Waals surface area contributed by atoms with Crippen LogP contribution in [0.2, 0.25) is 0 Å². The molecule has 2 N–H and O–H groups in total. The van der Waals surface area contributed by atoms with Crippen molar-refractivity contribution < 1.29 is 19.0 Å². The van der Waals surface area contributed by atoms with Crippen molar-refractivity contribution in [3.05, 3.63) is 94.6 Å². The highest BCUT2D eigenvalue weighted by molar-refractivity contribution is 5.93. The predicted octanol–water partition coefficient (Wildman–Crippen LogP) is 1.81. The number of carbonyl (C=O) groups excluding carboxylic acids is 2. The van der Waals surface area contributed by atoms with Gasteiger partial charge in [-0.25, -0.2) is 0 Å². The number of hydrogen-bond donors (Lipinski definition) is 2. The largest absolute Gasteiger partial charge is 0.618 e. The second-order valence-electron chi connectivity index (χ2n) is 7.01. The van der Waals surface area contributed by atoms with E-state index in [0.29, 0.717) is 26.9 Å². The van der Waals surface area contributed by atoms with Gasteiger partial charge in [-0.2, -0.15) is 9.46 Å². The molecule has 0 aliphatic rings. The Bertz CT molecular complexity index is 1190. The first-order chi connectivity index (χ1) is 15.1. The first-order valence-electron chi connectivity index (χ1n) is 9.85. The summed E-state index contributed by atoms with van der Waals surface area (Å²) in [6.45, 7) is 0.530. The van der Waals surface area contributed by atoms with Gasteiger partial charge in [0.2, 0.25) is 11.0 Å². The minimum atomic E-state index is -0.487. The lowest BCUT2D eigenvalue weighted by atomic mass is 10.2. The normalized spacial score (nSPS) is 10.8. The van der Waals surface area contributed by atoms with E-state index in [1.54, 1.807) is 48.5 Å². The van der Waals surface area contributed by atoms with Crippen LogP contribution < -0.4 is 20.1 Å². The molecule has 2 aromatic heterocycles. The maximum atomic E-state index is 12.4. The number of carbonyl (C=O) groups is 2. The lowest BCUT2D eigenvalue weighted by Gasteiger charge is -2.09. The third-order valence-corrected chi connectivity index (χ3v) is 4.98. The van der Waals surface area contributed by atoms with Crippen LogP contribution in [0.25, 0.3) is 21.8 Å². The number of amides is 2. The Balaban J connectivity index is 1.30. The average Bonchev–Trinajstić information content (AvgIpc) is 2.79. The highest BCUT2D eigenvalue weighted by Gasteiger charge is 2.19. The van der Waals surface area contributed by atoms with Gasteiger partial charge in [-0.1, -0.05) is 24.3 Å². The molecule has 0 spiro atoms. The molecule has 2 amide bonds. The van der Waals surface area contributed by atoms with Gasteiger partial charge >= 0.3 is 11.8 Å². The van der Waals surface area contributed by atoms with Crippen molar-refractivity contribution in [1.29, 1.82) is 0 Å². The maximum absolute atomic E-state index is 12.4. The van der Waals surface area contributed by atoms with Crippen molar-refractivity contribution in [2.75, 3.05) is 13.1 Å². The van der Waals surface area contributed by atoms with Crippen LogP contribution in [-0.4, -0.2) is 24.9 Å². The summed E-state index contributed by atoms with van der Waals surface area (Å²) >= 11 is 0. The molecule has 0 fully saturated rings. The summed E-state index contributed by atoms with van der Waals surface area (Å²) in [5, 5.41) is 31.6. The quantitative estimate of drug-likeness (QED) is 0.284. The Kier molecular flexibility index (Phi) is 5.61. The Morgan fingerprint density at radius 3 is 1.52 bits per heavy atom. The highest BCUT2D eigenvalue weighted by Crippen LogP contribution is 2.11. The van der Waals surface area contributed by atoms with Crippen LogP contribution in [-0.2, 0) is 0 Å². The SMILES string of the molecule is O=C(NCCCNC(=O)c1ccc2ccccc2[n+]1[O-])c1ccc2ccccc2[n+]1[O-]. The number of nitrogens with one attached hydrogen (secondary N) is 2. The van der Waals surface area contributed by atoms with Crippen LogP contribution in [0.15, 0.2) is 72.8 Å². The van der Waals surface area contributed by atoms with E-state index in [-0.39, 0.29) is 24.5 Å². The third kappa shape index (κ3) is 4.09. The molecule has 4 aromatic rings. The van der Waals surface area contributed by atoms with Gasteiger partial charge in [-0.15, -0.1) is 0 Å². The van der Waals surface area contributed by atoms with E-state index in [1.165, 1.54) is 12.1 Å². The predicted molar refractivity (Wildman–Crippen MR) is 115 cm³/mol. The number of para-hydroxylation sites is 2. The Morgan fingerprint density at radius 1 is 0.645 bits per heavy atom. The second-order valence-corrected chi connectivity index (χ2v) is 7.01. The zero-order valence-electron chi connectivity index (χ0n) is 16.6. The van der Waals surface area contributed by atoms with Crippen molar-refractivity contribution >= 4 is 33.6 Å². The molecular formula is C23H20N4O4. The van der Waals surface area contributed by atoms with Gasteiger partial charge < -0.3 is 21.0 Å². The van der Waals surface area contributed by atoms with E-state index in [9.17, 15) is 20.0 Å². The molecule has 8 nitrogen and oxygen atoms in total. The highest BCUT2D eigenvalue weighted by atomic mass is 16.5. The summed E-state index contributed by atoms with van der Waals surface area (Å²) in [5.74, 6) is -0.974. The number of hydrogen-bond acceptors (Lipinski definition) is 4. The molecule has 0 aliphatic heterocycles. The van der Waals surface area contributed by atoms with Gasteiger partial charge in [0.05, 0.1) is 0 Å². The molecule has 0 bridgehead atoms. The lowest BCUT2D eigenvalue weighted by molar-refractivity contribution is -0.579. The summed E-state index contributed by atoms with van der Waals surface area (Å²) in [7, 11) is 0. The topological polar surface area (TPSA) is 112 Å². The summed E-state index contributed by atoms with van der Waals surface area (Å²) in [4.78, 5) is 24.7. The van der Waals surface area contributed by atoms with E-state index in [4.69, 9.17) is 0 Å². The van der Waals surface area contributed by atoms with Crippen molar-refractivity contribution in [3.8, 4) is 0 Å². The van der Waals surface area contributed by atoms with E-state index in [1.807, 2.05) is 12.1 Å². The maximum Gasteiger partial charge on any atom is 0.317 e. The zero-order valence-corrected chi connectivity index (χ0v) is 16.6. The molecule has 2 heterocycles. The van der Waals surface area contributed by atoms with Crippen molar-refractivity contribution in [1.82, 2.24) is 10.6 Å². The van der Waals surface area contributed by atoms with E-state index in [0.717, 1.165) is 10.8 Å². The van der Waals surface area contributed by atoms with Crippen LogP contribution in [0.3, 0.4) is 0 Å². The van der Waals surface area contributed by atoms with Crippen LogP contribution in [0.1, 0.15) is 27.4 Å². The first kappa shape index (κ1) is 20.1. The fourth-order valence-electron chi connectivity index (χ4n) is 3.37. The monoisotopic (exact) mass is 416 g/mol. The summed E-state index contributed by atoms with van der Waals surface area (Å²) in [6, 6.07) is 20.5. The Labute approximate surface area is 177 Å².